The molecule has 1 N–H and O–H groups in total. The quantitative estimate of drug-likeness (QED) is 0.933. The van der Waals surface area contributed by atoms with E-state index in [0.29, 0.717) is 12.2 Å². The van der Waals surface area contributed by atoms with Crippen LogP contribution in [0.25, 0.3) is 11.1 Å². The Hall–Kier alpha value is -1.91. The van der Waals surface area contributed by atoms with Gasteiger partial charge >= 0.3 is 0 Å². The number of aliphatic hydroxyl groups excluding tert-OH is 1. The van der Waals surface area contributed by atoms with E-state index in [9.17, 15) is 9.50 Å². The van der Waals surface area contributed by atoms with Gasteiger partial charge in [-0.1, -0.05) is 6.07 Å². The summed E-state index contributed by atoms with van der Waals surface area (Å²) >= 11 is 0. The smallest absolute Gasteiger partial charge is 0.128 e. The maximum atomic E-state index is 13.6. The van der Waals surface area contributed by atoms with E-state index in [1.165, 1.54) is 6.07 Å². The summed E-state index contributed by atoms with van der Waals surface area (Å²) < 4.78 is 24.9. The van der Waals surface area contributed by atoms with Crippen LogP contribution in [0.5, 0.6) is 5.75 Å². The standard InChI is InChI=1S/C19H21FO3/c1-12-7-17(23-16-5-6-22-11-16)8-13(2)19(12)14-3-4-18(20)15(9-14)10-21/h3-4,7-9,16,21H,5-6,10-11H2,1-2H3. The third kappa shape index (κ3) is 3.38. The summed E-state index contributed by atoms with van der Waals surface area (Å²) in [5, 5.41) is 9.26. The Morgan fingerprint density at radius 1 is 1.22 bits per heavy atom. The molecule has 1 aliphatic heterocycles. The summed E-state index contributed by atoms with van der Waals surface area (Å²) in [4.78, 5) is 0. The summed E-state index contributed by atoms with van der Waals surface area (Å²) in [6, 6.07) is 8.86. The molecule has 3 nitrogen and oxygen atoms in total. The van der Waals surface area contributed by atoms with Crippen molar-refractivity contribution in [2.24, 2.45) is 0 Å². The van der Waals surface area contributed by atoms with Gasteiger partial charge in [0.05, 0.1) is 19.8 Å². The molecule has 1 heterocycles. The van der Waals surface area contributed by atoms with E-state index in [1.54, 1.807) is 12.1 Å². The van der Waals surface area contributed by atoms with Gasteiger partial charge in [0.1, 0.15) is 17.7 Å². The number of aliphatic hydroxyl groups is 1. The lowest BCUT2D eigenvalue weighted by Crippen LogP contribution is -2.15. The molecule has 0 bridgehead atoms. The van der Waals surface area contributed by atoms with E-state index in [4.69, 9.17) is 9.47 Å². The summed E-state index contributed by atoms with van der Waals surface area (Å²) in [5.74, 6) is 0.455. The average molecular weight is 316 g/mol. The molecule has 1 aliphatic rings. The number of aryl methyl sites for hydroxylation is 2. The van der Waals surface area contributed by atoms with Crippen LogP contribution in [0, 0.1) is 19.7 Å². The Bertz CT molecular complexity index is 683. The number of benzene rings is 2. The first-order valence-electron chi connectivity index (χ1n) is 7.84. The maximum absolute atomic E-state index is 13.6. The van der Waals surface area contributed by atoms with Gasteiger partial charge in [-0.3, -0.25) is 0 Å². The van der Waals surface area contributed by atoms with Gasteiger partial charge in [0.15, 0.2) is 0 Å². The average Bonchev–Trinajstić information content (AvgIpc) is 3.01. The molecule has 122 valence electrons. The Kier molecular flexibility index (Phi) is 4.64. The first kappa shape index (κ1) is 16.0. The topological polar surface area (TPSA) is 38.7 Å². The molecular formula is C19H21FO3. The highest BCUT2D eigenvalue weighted by molar-refractivity contribution is 5.72. The van der Waals surface area contributed by atoms with Crippen molar-refractivity contribution in [1.29, 1.82) is 0 Å². The highest BCUT2D eigenvalue weighted by Gasteiger charge is 2.18. The van der Waals surface area contributed by atoms with E-state index >= 15 is 0 Å². The number of rotatable bonds is 4. The Balaban J connectivity index is 1.93. The molecule has 2 aromatic rings. The molecule has 0 spiro atoms. The molecular weight excluding hydrogens is 295 g/mol. The minimum absolute atomic E-state index is 0.117. The Morgan fingerprint density at radius 3 is 2.57 bits per heavy atom. The molecule has 2 aromatic carbocycles. The predicted molar refractivity (Wildman–Crippen MR) is 87.1 cm³/mol. The van der Waals surface area contributed by atoms with Gasteiger partial charge < -0.3 is 14.6 Å². The second-order valence-electron chi connectivity index (χ2n) is 6.00. The maximum Gasteiger partial charge on any atom is 0.128 e. The monoisotopic (exact) mass is 316 g/mol. The van der Waals surface area contributed by atoms with Crippen molar-refractivity contribution in [3.05, 3.63) is 52.8 Å². The predicted octanol–water partition coefficient (Wildman–Crippen LogP) is 3.77. The van der Waals surface area contributed by atoms with Gasteiger partial charge in [0, 0.05) is 12.0 Å². The Labute approximate surface area is 135 Å². The molecule has 0 radical (unpaired) electrons. The normalized spacial score (nSPS) is 17.5. The van der Waals surface area contributed by atoms with E-state index < -0.39 is 0 Å². The van der Waals surface area contributed by atoms with Crippen molar-refractivity contribution in [1.82, 2.24) is 0 Å². The first-order chi connectivity index (χ1) is 11.1. The third-order valence-corrected chi connectivity index (χ3v) is 4.20. The van der Waals surface area contributed by atoms with Crippen LogP contribution in [0.1, 0.15) is 23.1 Å². The minimum atomic E-state index is -0.382. The zero-order valence-corrected chi connectivity index (χ0v) is 13.4. The summed E-state index contributed by atoms with van der Waals surface area (Å²) in [7, 11) is 0. The summed E-state index contributed by atoms with van der Waals surface area (Å²) in [5.41, 5.74) is 4.39. The fourth-order valence-corrected chi connectivity index (χ4v) is 3.10. The molecule has 1 saturated heterocycles. The van der Waals surface area contributed by atoms with Gasteiger partial charge in [-0.25, -0.2) is 4.39 Å². The van der Waals surface area contributed by atoms with Gasteiger partial charge in [-0.15, -0.1) is 0 Å². The molecule has 0 aromatic heterocycles. The third-order valence-electron chi connectivity index (χ3n) is 4.20. The van der Waals surface area contributed by atoms with E-state index in [1.807, 2.05) is 26.0 Å². The van der Waals surface area contributed by atoms with Crippen molar-refractivity contribution in [2.75, 3.05) is 13.2 Å². The van der Waals surface area contributed by atoms with E-state index in [0.717, 1.165) is 41.0 Å². The molecule has 0 amide bonds. The van der Waals surface area contributed by atoms with Crippen molar-refractivity contribution in [3.63, 3.8) is 0 Å². The van der Waals surface area contributed by atoms with Crippen molar-refractivity contribution >= 4 is 0 Å². The second-order valence-corrected chi connectivity index (χ2v) is 6.00. The van der Waals surface area contributed by atoms with Crippen molar-refractivity contribution < 1.29 is 19.0 Å². The van der Waals surface area contributed by atoms with Crippen LogP contribution in [-0.2, 0) is 11.3 Å². The fraction of sp³-hybridized carbons (Fsp3) is 0.368. The number of hydrogen-bond acceptors (Lipinski definition) is 3. The lowest BCUT2D eigenvalue weighted by Gasteiger charge is -2.17. The second kappa shape index (κ2) is 6.69. The van der Waals surface area contributed by atoms with Crippen LogP contribution in [-0.4, -0.2) is 24.4 Å². The largest absolute Gasteiger partial charge is 0.488 e. The molecule has 0 saturated carbocycles. The van der Waals surface area contributed by atoms with E-state index in [2.05, 4.69) is 0 Å². The summed E-state index contributed by atoms with van der Waals surface area (Å²) in [6.45, 7) is 5.11. The number of ether oxygens (including phenoxy) is 2. The van der Waals surface area contributed by atoms with Crippen molar-refractivity contribution in [3.8, 4) is 16.9 Å². The highest BCUT2D eigenvalue weighted by Crippen LogP contribution is 2.32. The Morgan fingerprint density at radius 2 is 1.96 bits per heavy atom. The fourth-order valence-electron chi connectivity index (χ4n) is 3.10. The number of hydrogen-bond donors (Lipinski definition) is 1. The lowest BCUT2D eigenvalue weighted by molar-refractivity contribution is 0.141. The zero-order chi connectivity index (χ0) is 16.4. The molecule has 4 heteroatoms. The molecule has 1 unspecified atom stereocenters. The highest BCUT2D eigenvalue weighted by atomic mass is 19.1. The molecule has 1 fully saturated rings. The zero-order valence-electron chi connectivity index (χ0n) is 13.4. The van der Waals surface area contributed by atoms with Crippen LogP contribution >= 0.6 is 0 Å². The molecule has 23 heavy (non-hydrogen) atoms. The van der Waals surface area contributed by atoms with Crippen LogP contribution in [0.15, 0.2) is 30.3 Å². The van der Waals surface area contributed by atoms with Crippen LogP contribution in [0.3, 0.4) is 0 Å². The van der Waals surface area contributed by atoms with Crippen molar-refractivity contribution in [2.45, 2.75) is 33.0 Å². The summed E-state index contributed by atoms with van der Waals surface area (Å²) in [6.07, 6.45) is 1.03. The van der Waals surface area contributed by atoms with Crippen LogP contribution in [0.4, 0.5) is 4.39 Å². The lowest BCUT2D eigenvalue weighted by atomic mass is 9.94. The van der Waals surface area contributed by atoms with Crippen LogP contribution in [0.2, 0.25) is 0 Å². The van der Waals surface area contributed by atoms with E-state index in [-0.39, 0.29) is 18.5 Å². The van der Waals surface area contributed by atoms with Gasteiger partial charge in [0.2, 0.25) is 0 Å². The van der Waals surface area contributed by atoms with Gasteiger partial charge in [-0.05, 0) is 60.4 Å². The molecule has 1 atom stereocenters. The first-order valence-corrected chi connectivity index (χ1v) is 7.84. The molecule has 3 rings (SSSR count). The van der Waals surface area contributed by atoms with Gasteiger partial charge in [-0.2, -0.15) is 0 Å². The van der Waals surface area contributed by atoms with Crippen LogP contribution < -0.4 is 4.74 Å². The van der Waals surface area contributed by atoms with Gasteiger partial charge in [0.25, 0.3) is 0 Å². The SMILES string of the molecule is Cc1cc(OC2CCOC2)cc(C)c1-c1ccc(F)c(CO)c1. The number of halogens is 1. The minimum Gasteiger partial charge on any atom is -0.488 e. The molecule has 0 aliphatic carbocycles.